The third-order valence-corrected chi connectivity index (χ3v) is 3.41. The molecule has 0 aromatic carbocycles. The highest BCUT2D eigenvalue weighted by Crippen LogP contribution is 2.03. The Morgan fingerprint density at radius 2 is 1.77 bits per heavy atom. The van der Waals surface area contributed by atoms with E-state index in [0.29, 0.717) is 19.4 Å². The van der Waals surface area contributed by atoms with Crippen LogP contribution in [0.5, 0.6) is 0 Å². The predicted molar refractivity (Wildman–Crippen MR) is 91.6 cm³/mol. The summed E-state index contributed by atoms with van der Waals surface area (Å²) in [6.45, 7) is 0.420. The van der Waals surface area contributed by atoms with Crippen LogP contribution in [0.1, 0.15) is 32.1 Å². The van der Waals surface area contributed by atoms with Crippen LogP contribution in [0.4, 0.5) is 4.79 Å². The van der Waals surface area contributed by atoms with Gasteiger partial charge in [0, 0.05) is 13.0 Å². The Balaban J connectivity index is 4.34. The standard InChI is InChI=1S/C14H23N3O8S/c18-8-25-11(4-5-12(20)21)17-14(24)16-9(13(22)23)3-1-2-6-15-10(19)7-26/h8-9,11,26H,1-7H2,(H,15,19)(H,20,21)(H,22,23)(H2,16,17,24)/t9-,11+/m0/s1. The van der Waals surface area contributed by atoms with Gasteiger partial charge in [0.25, 0.3) is 6.47 Å². The molecule has 0 aliphatic heterocycles. The maximum atomic E-state index is 11.8. The third-order valence-electron chi connectivity index (χ3n) is 3.12. The zero-order chi connectivity index (χ0) is 19.9. The lowest BCUT2D eigenvalue weighted by molar-refractivity contribution is -0.141. The van der Waals surface area contributed by atoms with Crippen LogP contribution in [0, 0.1) is 0 Å². The fourth-order valence-corrected chi connectivity index (χ4v) is 1.97. The van der Waals surface area contributed by atoms with Gasteiger partial charge in [0.2, 0.25) is 5.91 Å². The number of carbonyl (C=O) groups excluding carboxylic acids is 3. The van der Waals surface area contributed by atoms with Crippen molar-refractivity contribution >= 4 is 43.0 Å². The first-order valence-electron chi connectivity index (χ1n) is 7.78. The average molecular weight is 393 g/mol. The molecule has 3 amide bonds. The largest absolute Gasteiger partial charge is 0.481 e. The van der Waals surface area contributed by atoms with E-state index in [1.165, 1.54) is 0 Å². The molecule has 0 bridgehead atoms. The zero-order valence-corrected chi connectivity index (χ0v) is 14.9. The molecule has 0 aliphatic rings. The minimum absolute atomic E-state index is 0.0561. The summed E-state index contributed by atoms with van der Waals surface area (Å²) in [5, 5.41) is 24.7. The smallest absolute Gasteiger partial charge is 0.326 e. The van der Waals surface area contributed by atoms with Crippen molar-refractivity contribution in [3.05, 3.63) is 0 Å². The molecular formula is C14H23N3O8S. The molecule has 0 aromatic rings. The van der Waals surface area contributed by atoms with Gasteiger partial charge >= 0.3 is 18.0 Å². The van der Waals surface area contributed by atoms with E-state index >= 15 is 0 Å². The summed E-state index contributed by atoms with van der Waals surface area (Å²) in [5.74, 6) is -2.56. The van der Waals surface area contributed by atoms with Gasteiger partial charge in [0.1, 0.15) is 6.04 Å². The summed E-state index contributed by atoms with van der Waals surface area (Å²) >= 11 is 3.80. The number of unbranched alkanes of at least 4 members (excludes halogenated alkanes) is 1. The second-order valence-corrected chi connectivity index (χ2v) is 5.48. The van der Waals surface area contributed by atoms with Crippen molar-refractivity contribution in [2.45, 2.75) is 44.4 Å². The van der Waals surface area contributed by atoms with Gasteiger partial charge in [0.15, 0.2) is 6.23 Å². The van der Waals surface area contributed by atoms with E-state index in [1.807, 2.05) is 0 Å². The molecule has 0 spiro atoms. The topological polar surface area (TPSA) is 171 Å². The summed E-state index contributed by atoms with van der Waals surface area (Å²) in [6.07, 6.45) is -0.634. The Labute approximate surface area is 155 Å². The number of nitrogens with one attached hydrogen (secondary N) is 3. The Hall–Kier alpha value is -2.50. The van der Waals surface area contributed by atoms with Gasteiger partial charge in [-0.2, -0.15) is 12.6 Å². The van der Waals surface area contributed by atoms with Crippen LogP contribution in [0.15, 0.2) is 0 Å². The summed E-state index contributed by atoms with van der Waals surface area (Å²) in [6, 6.07) is -2.09. The summed E-state index contributed by atoms with van der Waals surface area (Å²) in [4.78, 5) is 54.9. The van der Waals surface area contributed by atoms with Crippen molar-refractivity contribution in [2.75, 3.05) is 12.3 Å². The van der Waals surface area contributed by atoms with Crippen LogP contribution >= 0.6 is 12.6 Å². The van der Waals surface area contributed by atoms with E-state index in [9.17, 15) is 24.0 Å². The molecule has 148 valence electrons. The molecule has 0 heterocycles. The quantitative estimate of drug-likeness (QED) is 0.0975. The molecule has 0 saturated heterocycles. The molecule has 11 nitrogen and oxygen atoms in total. The Kier molecular flexibility index (Phi) is 12.4. The number of ether oxygens (including phenoxy) is 1. The van der Waals surface area contributed by atoms with Crippen molar-refractivity contribution in [2.24, 2.45) is 0 Å². The molecule has 0 unspecified atom stereocenters. The van der Waals surface area contributed by atoms with Crippen molar-refractivity contribution in [1.82, 2.24) is 16.0 Å². The number of thiol groups is 1. The zero-order valence-electron chi connectivity index (χ0n) is 14.0. The Morgan fingerprint density at radius 3 is 2.31 bits per heavy atom. The lowest BCUT2D eigenvalue weighted by atomic mass is 10.1. The molecule has 0 rings (SSSR count). The lowest BCUT2D eigenvalue weighted by Crippen LogP contribution is -2.49. The summed E-state index contributed by atoms with van der Waals surface area (Å²) in [7, 11) is 0. The maximum absolute atomic E-state index is 11.8. The van der Waals surface area contributed by atoms with E-state index in [1.54, 1.807) is 0 Å². The minimum atomic E-state index is -1.25. The fraction of sp³-hybridized carbons (Fsp3) is 0.643. The van der Waals surface area contributed by atoms with E-state index in [2.05, 4.69) is 33.3 Å². The van der Waals surface area contributed by atoms with Gasteiger partial charge in [-0.25, -0.2) is 9.59 Å². The minimum Gasteiger partial charge on any atom is -0.481 e. The number of hydrogen-bond acceptors (Lipinski definition) is 7. The highest BCUT2D eigenvalue weighted by atomic mass is 32.1. The normalized spacial score (nSPS) is 12.3. The second-order valence-electron chi connectivity index (χ2n) is 5.17. The SMILES string of the molecule is O=CO[C@H](CCC(=O)O)NC(=O)N[C@@H](CCCCNC(=O)CS)C(=O)O. The molecule has 12 heteroatoms. The molecule has 0 aromatic heterocycles. The maximum Gasteiger partial charge on any atom is 0.326 e. The molecule has 0 radical (unpaired) electrons. The van der Waals surface area contributed by atoms with Gasteiger partial charge < -0.3 is 30.9 Å². The highest BCUT2D eigenvalue weighted by Gasteiger charge is 2.22. The summed E-state index contributed by atoms with van der Waals surface area (Å²) in [5.41, 5.74) is 0. The van der Waals surface area contributed by atoms with Gasteiger partial charge in [-0.15, -0.1) is 0 Å². The van der Waals surface area contributed by atoms with Crippen LogP contribution in [0.25, 0.3) is 0 Å². The second kappa shape index (κ2) is 13.8. The van der Waals surface area contributed by atoms with Crippen molar-refractivity contribution in [1.29, 1.82) is 0 Å². The fourth-order valence-electron chi connectivity index (χ4n) is 1.86. The number of urea groups is 1. The number of carboxylic acid groups (broad SMARTS) is 2. The number of aliphatic carboxylic acids is 2. The molecule has 2 atom stereocenters. The third kappa shape index (κ3) is 11.9. The molecular weight excluding hydrogens is 370 g/mol. The van der Waals surface area contributed by atoms with Crippen molar-refractivity contribution in [3.63, 3.8) is 0 Å². The molecule has 5 N–H and O–H groups in total. The summed E-state index contributed by atoms with van der Waals surface area (Å²) < 4.78 is 4.54. The first-order chi connectivity index (χ1) is 12.3. The molecule has 0 saturated carbocycles. The first-order valence-corrected chi connectivity index (χ1v) is 8.41. The predicted octanol–water partition coefficient (Wildman–Crippen LogP) is -0.681. The number of hydrogen-bond donors (Lipinski definition) is 6. The molecule has 0 fully saturated rings. The van der Waals surface area contributed by atoms with Crippen molar-refractivity contribution in [3.8, 4) is 0 Å². The van der Waals surface area contributed by atoms with Crippen LogP contribution in [-0.2, 0) is 23.9 Å². The van der Waals surface area contributed by atoms with Crippen LogP contribution in [-0.4, -0.2) is 65.1 Å². The Bertz CT molecular complexity index is 503. The van der Waals surface area contributed by atoms with Gasteiger partial charge in [-0.3, -0.25) is 14.4 Å². The lowest BCUT2D eigenvalue weighted by Gasteiger charge is -2.19. The first kappa shape index (κ1) is 23.5. The van der Waals surface area contributed by atoms with Crippen LogP contribution < -0.4 is 16.0 Å². The number of carbonyl (C=O) groups is 5. The van der Waals surface area contributed by atoms with E-state index in [-0.39, 0.29) is 37.4 Å². The van der Waals surface area contributed by atoms with Crippen molar-refractivity contribution < 1.29 is 38.9 Å². The number of carboxylic acids is 2. The van der Waals surface area contributed by atoms with Gasteiger partial charge in [0.05, 0.1) is 12.2 Å². The van der Waals surface area contributed by atoms with E-state index in [4.69, 9.17) is 10.2 Å². The van der Waals surface area contributed by atoms with Gasteiger partial charge in [-0.05, 0) is 19.3 Å². The van der Waals surface area contributed by atoms with Crippen LogP contribution in [0.2, 0.25) is 0 Å². The number of amides is 3. The van der Waals surface area contributed by atoms with E-state index in [0.717, 1.165) is 0 Å². The Morgan fingerprint density at radius 1 is 1.08 bits per heavy atom. The highest BCUT2D eigenvalue weighted by molar-refractivity contribution is 7.81. The van der Waals surface area contributed by atoms with E-state index < -0.39 is 30.2 Å². The number of rotatable bonds is 14. The molecule has 0 aliphatic carbocycles. The van der Waals surface area contributed by atoms with Gasteiger partial charge in [-0.1, -0.05) is 0 Å². The monoisotopic (exact) mass is 393 g/mol. The van der Waals surface area contributed by atoms with Crippen LogP contribution in [0.3, 0.4) is 0 Å². The molecule has 26 heavy (non-hydrogen) atoms. The average Bonchev–Trinajstić information content (AvgIpc) is 2.57.